The molecule has 1 aromatic heterocycles. The van der Waals surface area contributed by atoms with Gasteiger partial charge in [-0.25, -0.2) is 4.98 Å². The molecule has 0 saturated carbocycles. The molecule has 1 aliphatic rings. The Hall–Kier alpha value is -3.55. The molecular weight excluding hydrogens is 468 g/mol. The van der Waals surface area contributed by atoms with Crippen LogP contribution in [-0.2, 0) is 9.59 Å². The number of hydrogen-bond donors (Lipinski definition) is 2. The van der Waals surface area contributed by atoms with E-state index in [4.69, 9.17) is 4.98 Å². The first-order valence-corrected chi connectivity index (χ1v) is 13.1. The SMILES string of the molecule is Cc1ccc(NC(=O)CN2CCC(C(=O)Nc3ccc(-c4nc5ccc(C)cc5s4)cc3)CC2)cc1. The molecule has 2 N–H and O–H groups in total. The number of nitrogens with zero attached hydrogens (tertiary/aromatic N) is 2. The second-order valence-corrected chi connectivity index (χ2v) is 10.6. The highest BCUT2D eigenvalue weighted by atomic mass is 32.1. The largest absolute Gasteiger partial charge is 0.326 e. The van der Waals surface area contributed by atoms with Gasteiger partial charge in [-0.2, -0.15) is 0 Å². The normalized spacial score (nSPS) is 14.6. The number of fused-ring (bicyclic) bond motifs is 1. The Morgan fingerprint density at radius 1 is 0.889 bits per heavy atom. The number of hydrogen-bond acceptors (Lipinski definition) is 5. The first-order valence-electron chi connectivity index (χ1n) is 12.3. The van der Waals surface area contributed by atoms with Crippen LogP contribution in [0.3, 0.4) is 0 Å². The molecule has 6 nitrogen and oxygen atoms in total. The third-order valence-corrected chi connectivity index (χ3v) is 7.67. The van der Waals surface area contributed by atoms with E-state index in [1.54, 1.807) is 11.3 Å². The van der Waals surface area contributed by atoms with Gasteiger partial charge in [-0.3, -0.25) is 14.5 Å². The van der Waals surface area contributed by atoms with Crippen molar-refractivity contribution in [2.45, 2.75) is 26.7 Å². The van der Waals surface area contributed by atoms with Crippen molar-refractivity contribution in [1.82, 2.24) is 9.88 Å². The van der Waals surface area contributed by atoms with Gasteiger partial charge in [0.25, 0.3) is 0 Å². The molecule has 1 aliphatic heterocycles. The average Bonchev–Trinajstić information content (AvgIpc) is 3.29. The van der Waals surface area contributed by atoms with Crippen LogP contribution in [-0.4, -0.2) is 41.3 Å². The molecule has 0 unspecified atom stereocenters. The van der Waals surface area contributed by atoms with E-state index in [2.05, 4.69) is 40.7 Å². The monoisotopic (exact) mass is 498 g/mol. The molecule has 0 atom stereocenters. The minimum Gasteiger partial charge on any atom is -0.326 e. The van der Waals surface area contributed by atoms with Crippen molar-refractivity contribution < 1.29 is 9.59 Å². The number of carbonyl (C=O) groups is 2. The molecule has 7 heteroatoms. The molecule has 0 bridgehead atoms. The van der Waals surface area contributed by atoms with Crippen LogP contribution in [0.1, 0.15) is 24.0 Å². The average molecular weight is 499 g/mol. The van der Waals surface area contributed by atoms with Crippen molar-refractivity contribution in [3.05, 3.63) is 77.9 Å². The van der Waals surface area contributed by atoms with Gasteiger partial charge in [-0.15, -0.1) is 11.3 Å². The van der Waals surface area contributed by atoms with E-state index in [0.29, 0.717) is 6.54 Å². The number of thiazole rings is 1. The summed E-state index contributed by atoms with van der Waals surface area (Å²) in [4.78, 5) is 32.1. The van der Waals surface area contributed by atoms with Crippen LogP contribution in [0.25, 0.3) is 20.8 Å². The lowest BCUT2D eigenvalue weighted by Gasteiger charge is -2.30. The molecular formula is C29H30N4O2S. The van der Waals surface area contributed by atoms with E-state index < -0.39 is 0 Å². The maximum atomic E-state index is 12.9. The Balaban J connectivity index is 1.11. The number of anilines is 2. The highest BCUT2D eigenvalue weighted by Crippen LogP contribution is 2.31. The molecule has 2 amide bonds. The Morgan fingerprint density at radius 2 is 1.53 bits per heavy atom. The predicted octanol–water partition coefficient (Wildman–Crippen LogP) is 5.87. The molecule has 0 spiro atoms. The quantitative estimate of drug-likeness (QED) is 0.349. The summed E-state index contributed by atoms with van der Waals surface area (Å²) in [5, 5.41) is 6.99. The van der Waals surface area contributed by atoms with Crippen molar-refractivity contribution in [1.29, 1.82) is 0 Å². The van der Waals surface area contributed by atoms with Crippen LogP contribution in [0.5, 0.6) is 0 Å². The number of amides is 2. The van der Waals surface area contributed by atoms with Crippen LogP contribution >= 0.6 is 11.3 Å². The highest BCUT2D eigenvalue weighted by molar-refractivity contribution is 7.21. The summed E-state index contributed by atoms with van der Waals surface area (Å²) in [6.07, 6.45) is 1.49. The van der Waals surface area contributed by atoms with E-state index in [1.165, 1.54) is 10.3 Å². The van der Waals surface area contributed by atoms with Crippen molar-refractivity contribution in [3.8, 4) is 10.6 Å². The zero-order valence-electron chi connectivity index (χ0n) is 20.6. The number of nitrogens with one attached hydrogen (secondary N) is 2. The predicted molar refractivity (Wildman–Crippen MR) is 147 cm³/mol. The van der Waals surface area contributed by atoms with E-state index in [0.717, 1.165) is 59.0 Å². The summed E-state index contributed by atoms with van der Waals surface area (Å²) < 4.78 is 1.18. The molecule has 0 aliphatic carbocycles. The van der Waals surface area contributed by atoms with Crippen molar-refractivity contribution in [3.63, 3.8) is 0 Å². The van der Waals surface area contributed by atoms with E-state index in [-0.39, 0.29) is 17.7 Å². The van der Waals surface area contributed by atoms with Crippen molar-refractivity contribution >= 4 is 44.7 Å². The summed E-state index contributed by atoms with van der Waals surface area (Å²) >= 11 is 1.68. The molecule has 3 aromatic carbocycles. The van der Waals surface area contributed by atoms with Crippen LogP contribution in [0.2, 0.25) is 0 Å². The fraction of sp³-hybridized carbons (Fsp3) is 0.276. The van der Waals surface area contributed by atoms with Crippen LogP contribution in [0, 0.1) is 19.8 Å². The molecule has 4 aromatic rings. The van der Waals surface area contributed by atoms with Gasteiger partial charge in [-0.1, -0.05) is 23.8 Å². The van der Waals surface area contributed by atoms with Crippen molar-refractivity contribution in [2.75, 3.05) is 30.3 Å². The second kappa shape index (κ2) is 10.6. The number of benzene rings is 3. The molecule has 0 radical (unpaired) electrons. The lowest BCUT2D eigenvalue weighted by Crippen LogP contribution is -2.41. The zero-order chi connectivity index (χ0) is 25.1. The summed E-state index contributed by atoms with van der Waals surface area (Å²) in [6, 6.07) is 22.0. The maximum Gasteiger partial charge on any atom is 0.238 e. The Kier molecular flexibility index (Phi) is 7.11. The molecule has 1 saturated heterocycles. The highest BCUT2D eigenvalue weighted by Gasteiger charge is 2.26. The van der Waals surface area contributed by atoms with Gasteiger partial charge in [0.15, 0.2) is 0 Å². The number of aromatic nitrogens is 1. The lowest BCUT2D eigenvalue weighted by molar-refractivity contribution is -0.121. The number of carbonyl (C=O) groups excluding carboxylic acids is 2. The molecule has 1 fully saturated rings. The Bertz CT molecular complexity index is 1370. The van der Waals surface area contributed by atoms with Gasteiger partial charge in [0.05, 0.1) is 16.8 Å². The number of rotatable bonds is 6. The first-order chi connectivity index (χ1) is 17.4. The molecule has 2 heterocycles. The van der Waals surface area contributed by atoms with E-state index in [9.17, 15) is 9.59 Å². The molecule has 5 rings (SSSR count). The number of piperidine rings is 1. The lowest BCUT2D eigenvalue weighted by atomic mass is 9.95. The standard InChI is InChI=1S/C29H30N4O2S/c1-19-3-8-23(9-4-19)30-27(34)18-33-15-13-21(14-16-33)28(35)31-24-10-6-22(7-11-24)29-32-25-12-5-20(2)17-26(25)36-29/h3-12,17,21H,13-16,18H2,1-2H3,(H,30,34)(H,31,35). The van der Waals surface area contributed by atoms with Crippen LogP contribution < -0.4 is 10.6 Å². The first kappa shape index (κ1) is 24.2. The summed E-state index contributed by atoms with van der Waals surface area (Å²) in [5.41, 5.74) is 6.05. The van der Waals surface area contributed by atoms with Gasteiger partial charge < -0.3 is 10.6 Å². The second-order valence-electron chi connectivity index (χ2n) is 9.52. The summed E-state index contributed by atoms with van der Waals surface area (Å²) in [7, 11) is 0. The van der Waals surface area contributed by atoms with Crippen LogP contribution in [0.4, 0.5) is 11.4 Å². The third-order valence-electron chi connectivity index (χ3n) is 6.60. The topological polar surface area (TPSA) is 74.3 Å². The Morgan fingerprint density at radius 3 is 2.25 bits per heavy atom. The van der Waals surface area contributed by atoms with E-state index >= 15 is 0 Å². The third kappa shape index (κ3) is 5.80. The smallest absolute Gasteiger partial charge is 0.238 e. The van der Waals surface area contributed by atoms with Gasteiger partial charge >= 0.3 is 0 Å². The summed E-state index contributed by atoms with van der Waals surface area (Å²) in [5.74, 6) is -0.0272. The fourth-order valence-electron chi connectivity index (χ4n) is 4.49. The van der Waals surface area contributed by atoms with Gasteiger partial charge in [0.1, 0.15) is 5.01 Å². The van der Waals surface area contributed by atoms with Crippen molar-refractivity contribution in [2.24, 2.45) is 5.92 Å². The zero-order valence-corrected chi connectivity index (χ0v) is 21.4. The summed E-state index contributed by atoms with van der Waals surface area (Å²) in [6.45, 7) is 5.91. The fourth-order valence-corrected chi connectivity index (χ4v) is 5.56. The minimum absolute atomic E-state index is 0.0231. The minimum atomic E-state index is -0.0476. The number of aryl methyl sites for hydroxylation is 2. The number of likely N-dealkylation sites (tertiary alicyclic amines) is 1. The van der Waals surface area contributed by atoms with Crippen LogP contribution in [0.15, 0.2) is 66.7 Å². The maximum absolute atomic E-state index is 12.9. The van der Waals surface area contributed by atoms with E-state index in [1.807, 2.05) is 55.5 Å². The molecule has 184 valence electrons. The van der Waals surface area contributed by atoms with Gasteiger partial charge in [0, 0.05) is 22.9 Å². The van der Waals surface area contributed by atoms with Gasteiger partial charge in [0.2, 0.25) is 11.8 Å². The Labute approximate surface area is 215 Å². The van der Waals surface area contributed by atoms with Gasteiger partial charge in [-0.05, 0) is 93.9 Å². The molecule has 36 heavy (non-hydrogen) atoms.